The van der Waals surface area contributed by atoms with E-state index in [9.17, 15) is 8.42 Å². The van der Waals surface area contributed by atoms with E-state index in [1.165, 1.54) is 6.20 Å². The van der Waals surface area contributed by atoms with Crippen molar-refractivity contribution in [2.75, 3.05) is 19.0 Å². The lowest BCUT2D eigenvalue weighted by Crippen LogP contribution is -2.25. The van der Waals surface area contributed by atoms with Crippen LogP contribution in [0.1, 0.15) is 12.8 Å². The first-order chi connectivity index (χ1) is 7.68. The summed E-state index contributed by atoms with van der Waals surface area (Å²) in [6, 6.07) is 3.23. The molecule has 0 aliphatic carbocycles. The predicted molar refractivity (Wildman–Crippen MR) is 59.8 cm³/mol. The molecule has 0 saturated carbocycles. The summed E-state index contributed by atoms with van der Waals surface area (Å²) in [5.74, 6) is 0.289. The second kappa shape index (κ2) is 4.93. The summed E-state index contributed by atoms with van der Waals surface area (Å²) < 4.78 is 29.3. The Morgan fingerprint density at radius 3 is 3.00 bits per heavy atom. The predicted octanol–water partition coefficient (Wildman–Crippen LogP) is 1.28. The van der Waals surface area contributed by atoms with Gasteiger partial charge in [-0.1, -0.05) is 0 Å². The van der Waals surface area contributed by atoms with Crippen molar-refractivity contribution in [3.63, 3.8) is 0 Å². The first-order valence-corrected chi connectivity index (χ1v) is 7.04. The molecule has 2 heterocycles. The maximum atomic E-state index is 12.0. The van der Waals surface area contributed by atoms with Gasteiger partial charge in [-0.15, -0.1) is 0 Å². The Hall–Kier alpha value is -0.940. The van der Waals surface area contributed by atoms with Crippen molar-refractivity contribution in [3.8, 4) is 0 Å². The third-order valence-electron chi connectivity index (χ3n) is 2.70. The van der Waals surface area contributed by atoms with Gasteiger partial charge >= 0.3 is 0 Å². The van der Waals surface area contributed by atoms with Crippen LogP contribution < -0.4 is 0 Å². The van der Waals surface area contributed by atoms with Crippen LogP contribution >= 0.6 is 0 Å². The molecule has 1 aliphatic heterocycles. The van der Waals surface area contributed by atoms with Crippen LogP contribution in [-0.2, 0) is 14.6 Å². The lowest BCUT2D eigenvalue weighted by Gasteiger charge is -2.21. The molecule has 4 nitrogen and oxygen atoms in total. The summed E-state index contributed by atoms with van der Waals surface area (Å²) in [4.78, 5) is 4.14. The molecule has 1 atom stereocenters. The molecule has 0 bridgehead atoms. The maximum absolute atomic E-state index is 12.0. The van der Waals surface area contributed by atoms with Crippen molar-refractivity contribution in [2.24, 2.45) is 5.92 Å². The van der Waals surface area contributed by atoms with E-state index in [1.54, 1.807) is 18.3 Å². The van der Waals surface area contributed by atoms with Gasteiger partial charge in [0, 0.05) is 19.0 Å². The van der Waals surface area contributed by atoms with Gasteiger partial charge in [0.1, 0.15) is 0 Å². The normalized spacial score (nSPS) is 21.9. The zero-order valence-electron chi connectivity index (χ0n) is 9.00. The largest absolute Gasteiger partial charge is 0.381 e. The van der Waals surface area contributed by atoms with E-state index >= 15 is 0 Å². The fraction of sp³-hybridized carbons (Fsp3) is 0.545. The number of aromatic nitrogens is 1. The molecule has 0 N–H and O–H groups in total. The Labute approximate surface area is 95.6 Å². The fourth-order valence-electron chi connectivity index (χ4n) is 1.88. The number of rotatable bonds is 3. The lowest BCUT2D eigenvalue weighted by molar-refractivity contribution is 0.0626. The monoisotopic (exact) mass is 241 g/mol. The number of pyridine rings is 1. The van der Waals surface area contributed by atoms with Gasteiger partial charge in [-0.25, -0.2) is 8.42 Å². The van der Waals surface area contributed by atoms with Crippen molar-refractivity contribution in [3.05, 3.63) is 24.5 Å². The molecule has 0 spiro atoms. The molecule has 16 heavy (non-hydrogen) atoms. The highest BCUT2D eigenvalue weighted by molar-refractivity contribution is 7.91. The zero-order chi connectivity index (χ0) is 11.4. The van der Waals surface area contributed by atoms with Gasteiger partial charge in [-0.2, -0.15) is 0 Å². The number of nitrogens with zero attached hydrogens (tertiary/aromatic N) is 1. The molecule has 1 fully saturated rings. The van der Waals surface area contributed by atoms with Crippen molar-refractivity contribution < 1.29 is 13.2 Å². The minimum Gasteiger partial charge on any atom is -0.381 e. The average molecular weight is 241 g/mol. The molecule has 5 heteroatoms. The topological polar surface area (TPSA) is 56.3 Å². The van der Waals surface area contributed by atoms with Crippen LogP contribution in [0.5, 0.6) is 0 Å². The van der Waals surface area contributed by atoms with Crippen LogP contribution in [0.4, 0.5) is 0 Å². The molecule has 1 aromatic rings. The van der Waals surface area contributed by atoms with Crippen LogP contribution in [0.25, 0.3) is 0 Å². The van der Waals surface area contributed by atoms with Gasteiger partial charge in [-0.05, 0) is 30.9 Å². The Bertz CT molecular complexity index is 424. The number of sulfone groups is 1. The molecule has 2 rings (SSSR count). The molecular weight excluding hydrogens is 226 g/mol. The molecule has 1 unspecified atom stereocenters. The standard InChI is InChI=1S/C11H15NO3S/c13-16(14,11-4-1-5-12-7-11)9-10-3-2-6-15-8-10/h1,4-5,7,10H,2-3,6,8-9H2. The third kappa shape index (κ3) is 2.80. The van der Waals surface area contributed by atoms with Gasteiger partial charge in [0.2, 0.25) is 0 Å². The number of hydrogen-bond acceptors (Lipinski definition) is 4. The highest BCUT2D eigenvalue weighted by Crippen LogP contribution is 2.19. The Morgan fingerprint density at radius 1 is 1.50 bits per heavy atom. The van der Waals surface area contributed by atoms with Gasteiger partial charge < -0.3 is 4.74 Å². The SMILES string of the molecule is O=S(=O)(CC1CCCOC1)c1cccnc1. The second-order valence-electron chi connectivity index (χ2n) is 4.05. The van der Waals surface area contributed by atoms with Crippen LogP contribution in [0.15, 0.2) is 29.4 Å². The van der Waals surface area contributed by atoms with Crippen LogP contribution in [0, 0.1) is 5.92 Å². The number of hydrogen-bond donors (Lipinski definition) is 0. The van der Waals surface area contributed by atoms with Crippen molar-refractivity contribution in [1.82, 2.24) is 4.98 Å². The first-order valence-electron chi connectivity index (χ1n) is 5.39. The Morgan fingerprint density at radius 2 is 2.38 bits per heavy atom. The maximum Gasteiger partial charge on any atom is 0.180 e. The van der Waals surface area contributed by atoms with Gasteiger partial charge in [0.25, 0.3) is 0 Å². The Balaban J connectivity index is 2.08. The molecular formula is C11H15NO3S. The summed E-state index contributed by atoms with van der Waals surface area (Å²) in [5.41, 5.74) is 0. The van der Waals surface area contributed by atoms with E-state index in [0.29, 0.717) is 11.5 Å². The summed E-state index contributed by atoms with van der Waals surface area (Å²) in [5, 5.41) is 0. The summed E-state index contributed by atoms with van der Waals surface area (Å²) in [6.45, 7) is 1.31. The van der Waals surface area contributed by atoms with E-state index in [-0.39, 0.29) is 11.7 Å². The van der Waals surface area contributed by atoms with Gasteiger partial charge in [0.15, 0.2) is 9.84 Å². The van der Waals surface area contributed by atoms with Gasteiger partial charge in [-0.3, -0.25) is 4.98 Å². The van der Waals surface area contributed by atoms with Crippen LogP contribution in [-0.4, -0.2) is 32.4 Å². The molecule has 0 amide bonds. The molecule has 0 aromatic carbocycles. The minimum absolute atomic E-state index is 0.124. The quantitative estimate of drug-likeness (QED) is 0.800. The van der Waals surface area contributed by atoms with Crippen LogP contribution in [0.3, 0.4) is 0 Å². The summed E-state index contributed by atoms with van der Waals surface area (Å²) in [6.07, 6.45) is 4.86. The fourth-order valence-corrected chi connectivity index (χ4v) is 3.46. The van der Waals surface area contributed by atoms with E-state index in [1.807, 2.05) is 0 Å². The summed E-state index contributed by atoms with van der Waals surface area (Å²) >= 11 is 0. The van der Waals surface area contributed by atoms with E-state index in [0.717, 1.165) is 19.4 Å². The molecule has 1 saturated heterocycles. The van der Waals surface area contributed by atoms with Crippen LogP contribution in [0.2, 0.25) is 0 Å². The van der Waals surface area contributed by atoms with Crippen molar-refractivity contribution >= 4 is 9.84 Å². The average Bonchev–Trinajstić information content (AvgIpc) is 2.31. The molecule has 88 valence electrons. The molecule has 0 radical (unpaired) electrons. The van der Waals surface area contributed by atoms with E-state index < -0.39 is 9.84 Å². The van der Waals surface area contributed by atoms with Gasteiger partial charge in [0.05, 0.1) is 17.3 Å². The second-order valence-corrected chi connectivity index (χ2v) is 6.09. The van der Waals surface area contributed by atoms with E-state index in [4.69, 9.17) is 4.74 Å². The smallest absolute Gasteiger partial charge is 0.180 e. The van der Waals surface area contributed by atoms with Crippen molar-refractivity contribution in [2.45, 2.75) is 17.7 Å². The molecule has 1 aromatic heterocycles. The van der Waals surface area contributed by atoms with Crippen molar-refractivity contribution in [1.29, 1.82) is 0 Å². The minimum atomic E-state index is -3.20. The Kier molecular flexibility index (Phi) is 3.56. The summed E-state index contributed by atoms with van der Waals surface area (Å²) in [7, 11) is -3.20. The lowest BCUT2D eigenvalue weighted by atomic mass is 10.1. The number of ether oxygens (including phenoxy) is 1. The highest BCUT2D eigenvalue weighted by atomic mass is 32.2. The zero-order valence-corrected chi connectivity index (χ0v) is 9.82. The first kappa shape index (κ1) is 11.5. The molecule has 1 aliphatic rings. The highest BCUT2D eigenvalue weighted by Gasteiger charge is 2.23. The third-order valence-corrected chi connectivity index (χ3v) is 4.57. The van der Waals surface area contributed by atoms with E-state index in [2.05, 4.69) is 4.98 Å².